The molecule has 1 heterocycles. The van der Waals surface area contributed by atoms with Crippen LogP contribution >= 0.6 is 11.8 Å². The minimum Gasteiger partial charge on any atom is -0.495 e. The molecule has 1 unspecified atom stereocenters. The van der Waals surface area contributed by atoms with Gasteiger partial charge in [-0.2, -0.15) is 0 Å². The zero-order valence-corrected chi connectivity index (χ0v) is 14.4. The van der Waals surface area contributed by atoms with Crippen LogP contribution in [0.25, 0.3) is 11.0 Å². The number of carbonyl (C=O) groups is 1. The molecule has 0 saturated heterocycles. The highest BCUT2D eigenvalue weighted by Gasteiger charge is 2.14. The first-order valence-corrected chi connectivity index (χ1v) is 8.71. The largest absolute Gasteiger partial charge is 0.495 e. The Morgan fingerprint density at radius 3 is 2.79 bits per heavy atom. The normalized spacial score (nSPS) is 12.1. The topological polar surface area (TPSA) is 67.0 Å². The first kappa shape index (κ1) is 16.4. The molecule has 1 aromatic heterocycles. The van der Waals surface area contributed by atoms with Gasteiger partial charge in [0, 0.05) is 0 Å². The van der Waals surface area contributed by atoms with E-state index >= 15 is 0 Å². The monoisotopic (exact) mass is 341 g/mol. The molecule has 0 saturated carbocycles. The van der Waals surface area contributed by atoms with E-state index in [4.69, 9.17) is 4.74 Å². The van der Waals surface area contributed by atoms with Crippen molar-refractivity contribution in [2.24, 2.45) is 0 Å². The number of nitrogens with zero attached hydrogens (tertiary/aromatic N) is 1. The number of para-hydroxylation sites is 4. The second-order valence-electron chi connectivity index (χ2n) is 5.34. The standard InChI is InChI=1S/C18H19N3O2S/c1-12(18-20-13-7-3-4-8-14(13)21-18)24-11-17(22)19-15-9-5-6-10-16(15)23-2/h3-10,12H,11H2,1-2H3,(H,19,22)(H,20,21). The molecule has 6 heteroatoms. The summed E-state index contributed by atoms with van der Waals surface area (Å²) in [6, 6.07) is 15.3. The molecule has 0 aliphatic rings. The summed E-state index contributed by atoms with van der Waals surface area (Å²) in [6.07, 6.45) is 0. The van der Waals surface area contributed by atoms with Gasteiger partial charge in [-0.15, -0.1) is 11.8 Å². The second kappa shape index (κ2) is 7.40. The first-order chi connectivity index (χ1) is 11.7. The van der Waals surface area contributed by atoms with Crippen LogP contribution < -0.4 is 10.1 Å². The number of anilines is 1. The third-order valence-corrected chi connectivity index (χ3v) is 4.79. The maximum Gasteiger partial charge on any atom is 0.234 e. The van der Waals surface area contributed by atoms with Crippen LogP contribution in [0.2, 0.25) is 0 Å². The molecule has 3 rings (SSSR count). The van der Waals surface area contributed by atoms with Crippen LogP contribution in [0.15, 0.2) is 48.5 Å². The van der Waals surface area contributed by atoms with Crippen molar-refractivity contribution in [3.8, 4) is 5.75 Å². The minimum atomic E-state index is -0.0625. The number of fused-ring (bicyclic) bond motifs is 1. The number of nitrogens with one attached hydrogen (secondary N) is 2. The molecular weight excluding hydrogens is 322 g/mol. The van der Waals surface area contributed by atoms with Gasteiger partial charge < -0.3 is 15.0 Å². The van der Waals surface area contributed by atoms with Crippen LogP contribution in [0, 0.1) is 0 Å². The van der Waals surface area contributed by atoms with E-state index in [0.29, 0.717) is 17.2 Å². The van der Waals surface area contributed by atoms with E-state index in [1.807, 2.05) is 55.5 Å². The number of imidazole rings is 1. The lowest BCUT2D eigenvalue weighted by Gasteiger charge is -2.11. The van der Waals surface area contributed by atoms with E-state index in [1.165, 1.54) is 11.8 Å². The molecule has 0 radical (unpaired) electrons. The van der Waals surface area contributed by atoms with Crippen LogP contribution in [0.1, 0.15) is 18.0 Å². The van der Waals surface area contributed by atoms with E-state index in [1.54, 1.807) is 7.11 Å². The smallest absolute Gasteiger partial charge is 0.234 e. The van der Waals surface area contributed by atoms with Gasteiger partial charge in [-0.05, 0) is 31.2 Å². The van der Waals surface area contributed by atoms with Crippen molar-refractivity contribution in [1.29, 1.82) is 0 Å². The third-order valence-electron chi connectivity index (χ3n) is 3.64. The van der Waals surface area contributed by atoms with E-state index in [-0.39, 0.29) is 11.2 Å². The highest BCUT2D eigenvalue weighted by Crippen LogP contribution is 2.28. The van der Waals surface area contributed by atoms with Crippen molar-refractivity contribution in [2.75, 3.05) is 18.2 Å². The SMILES string of the molecule is COc1ccccc1NC(=O)CSC(C)c1nc2ccccc2[nH]1. The van der Waals surface area contributed by atoms with Gasteiger partial charge in [-0.1, -0.05) is 24.3 Å². The number of carbonyl (C=O) groups excluding carboxylic acids is 1. The number of benzene rings is 2. The Balaban J connectivity index is 1.59. The Morgan fingerprint density at radius 1 is 1.25 bits per heavy atom. The van der Waals surface area contributed by atoms with Crippen molar-refractivity contribution in [3.63, 3.8) is 0 Å². The Labute approximate surface area is 144 Å². The van der Waals surface area contributed by atoms with Crippen LogP contribution in [0.4, 0.5) is 5.69 Å². The number of hydrogen-bond donors (Lipinski definition) is 2. The Kier molecular flexibility index (Phi) is 5.05. The van der Waals surface area contributed by atoms with Crippen molar-refractivity contribution >= 4 is 34.4 Å². The summed E-state index contributed by atoms with van der Waals surface area (Å²) >= 11 is 1.54. The molecular formula is C18H19N3O2S. The summed E-state index contributed by atoms with van der Waals surface area (Å²) < 4.78 is 5.24. The van der Waals surface area contributed by atoms with Gasteiger partial charge in [0.25, 0.3) is 0 Å². The van der Waals surface area contributed by atoms with Gasteiger partial charge in [0.2, 0.25) is 5.91 Å². The van der Waals surface area contributed by atoms with Crippen molar-refractivity contribution in [3.05, 3.63) is 54.4 Å². The quantitative estimate of drug-likeness (QED) is 0.711. The zero-order chi connectivity index (χ0) is 16.9. The Morgan fingerprint density at radius 2 is 2.00 bits per heavy atom. The highest BCUT2D eigenvalue weighted by atomic mass is 32.2. The van der Waals surface area contributed by atoms with Gasteiger partial charge in [0.05, 0.1) is 34.8 Å². The number of H-pyrrole nitrogens is 1. The number of methoxy groups -OCH3 is 1. The summed E-state index contributed by atoms with van der Waals surface area (Å²) in [7, 11) is 1.59. The lowest BCUT2D eigenvalue weighted by Crippen LogP contribution is -2.15. The number of aromatic nitrogens is 2. The molecule has 124 valence electrons. The fraction of sp³-hybridized carbons (Fsp3) is 0.222. The van der Waals surface area contributed by atoms with E-state index in [9.17, 15) is 4.79 Å². The minimum absolute atomic E-state index is 0.0625. The average Bonchev–Trinajstić information content (AvgIpc) is 3.04. The lowest BCUT2D eigenvalue weighted by molar-refractivity contribution is -0.113. The molecule has 1 amide bonds. The highest BCUT2D eigenvalue weighted by molar-refractivity contribution is 8.00. The summed E-state index contributed by atoms with van der Waals surface area (Å²) in [5.41, 5.74) is 2.64. The summed E-state index contributed by atoms with van der Waals surface area (Å²) in [5, 5.41) is 2.98. The van der Waals surface area contributed by atoms with Crippen LogP contribution in [-0.4, -0.2) is 28.7 Å². The fourth-order valence-electron chi connectivity index (χ4n) is 2.38. The molecule has 2 aromatic carbocycles. The molecule has 1 atom stereocenters. The number of rotatable bonds is 6. The number of ether oxygens (including phenoxy) is 1. The molecule has 3 aromatic rings. The molecule has 0 spiro atoms. The maximum absolute atomic E-state index is 12.2. The van der Waals surface area contributed by atoms with Crippen molar-refractivity contribution < 1.29 is 9.53 Å². The average molecular weight is 341 g/mol. The Bertz CT molecular complexity index is 814. The summed E-state index contributed by atoms with van der Waals surface area (Å²) in [6.45, 7) is 2.04. The lowest BCUT2D eigenvalue weighted by atomic mass is 10.3. The molecule has 5 nitrogen and oxygen atoms in total. The summed E-state index contributed by atoms with van der Waals surface area (Å²) in [4.78, 5) is 20.0. The predicted molar refractivity (Wildman–Crippen MR) is 98.6 cm³/mol. The number of aromatic amines is 1. The Hall–Kier alpha value is -2.47. The second-order valence-corrected chi connectivity index (χ2v) is 6.67. The van der Waals surface area contributed by atoms with Crippen LogP contribution in [0.3, 0.4) is 0 Å². The molecule has 0 fully saturated rings. The van der Waals surface area contributed by atoms with Gasteiger partial charge in [0.1, 0.15) is 11.6 Å². The predicted octanol–water partition coefficient (Wildman–Crippen LogP) is 4.00. The zero-order valence-electron chi connectivity index (χ0n) is 13.6. The molecule has 0 aliphatic carbocycles. The summed E-state index contributed by atoms with van der Waals surface area (Å²) in [5.74, 6) is 1.82. The van der Waals surface area contributed by atoms with Gasteiger partial charge in [-0.25, -0.2) is 4.98 Å². The van der Waals surface area contributed by atoms with E-state index in [2.05, 4.69) is 15.3 Å². The number of hydrogen-bond acceptors (Lipinski definition) is 4. The third kappa shape index (κ3) is 3.71. The molecule has 24 heavy (non-hydrogen) atoms. The number of thioether (sulfide) groups is 1. The van der Waals surface area contributed by atoms with Crippen molar-refractivity contribution in [1.82, 2.24) is 9.97 Å². The molecule has 2 N–H and O–H groups in total. The van der Waals surface area contributed by atoms with Gasteiger partial charge in [0.15, 0.2) is 0 Å². The molecule has 0 bridgehead atoms. The van der Waals surface area contributed by atoms with E-state index in [0.717, 1.165) is 16.9 Å². The van der Waals surface area contributed by atoms with Gasteiger partial charge >= 0.3 is 0 Å². The fourth-order valence-corrected chi connectivity index (χ4v) is 3.12. The first-order valence-electron chi connectivity index (χ1n) is 7.66. The van der Waals surface area contributed by atoms with E-state index < -0.39 is 0 Å². The maximum atomic E-state index is 12.2. The van der Waals surface area contributed by atoms with Crippen LogP contribution in [0.5, 0.6) is 5.75 Å². The molecule has 0 aliphatic heterocycles. The van der Waals surface area contributed by atoms with Crippen LogP contribution in [-0.2, 0) is 4.79 Å². The number of amides is 1. The van der Waals surface area contributed by atoms with Crippen molar-refractivity contribution in [2.45, 2.75) is 12.2 Å². The van der Waals surface area contributed by atoms with Gasteiger partial charge in [-0.3, -0.25) is 4.79 Å².